The topological polar surface area (TPSA) is 62.7 Å². The lowest BCUT2D eigenvalue weighted by atomic mass is 10.2. The highest BCUT2D eigenvalue weighted by atomic mass is 35.5. The van der Waals surface area contributed by atoms with Gasteiger partial charge in [-0.3, -0.25) is 0 Å². The van der Waals surface area contributed by atoms with Crippen molar-refractivity contribution in [1.82, 2.24) is 4.98 Å². The molecule has 1 heterocycles. The first-order valence-corrected chi connectivity index (χ1v) is 3.41. The molecule has 4 heteroatoms. The largest absolute Gasteiger partial charge is 0.326 e. The maximum Gasteiger partial charge on any atom is 0.146 e. The molecule has 1 aromatic rings. The lowest BCUT2D eigenvalue weighted by Gasteiger charge is -1.97. The van der Waals surface area contributed by atoms with E-state index < -0.39 is 0 Å². The summed E-state index contributed by atoms with van der Waals surface area (Å²) in [5, 5.41) is 8.87. The van der Waals surface area contributed by atoms with E-state index in [1.807, 2.05) is 6.07 Å². The molecule has 1 rings (SSSR count). The van der Waals surface area contributed by atoms with Gasteiger partial charge in [-0.15, -0.1) is 0 Å². The summed E-state index contributed by atoms with van der Waals surface area (Å²) < 4.78 is 0. The number of hydrogen-bond acceptors (Lipinski definition) is 3. The minimum atomic E-state index is 0.306. The minimum Gasteiger partial charge on any atom is -0.326 e. The van der Waals surface area contributed by atoms with Crippen LogP contribution in [0.3, 0.4) is 0 Å². The van der Waals surface area contributed by atoms with Crippen LogP contribution in [0.25, 0.3) is 0 Å². The lowest BCUT2D eigenvalue weighted by molar-refractivity contribution is 1.03. The molecule has 0 aliphatic heterocycles. The van der Waals surface area contributed by atoms with Gasteiger partial charge in [0.15, 0.2) is 0 Å². The van der Waals surface area contributed by atoms with E-state index in [0.29, 0.717) is 17.4 Å². The molecule has 0 aliphatic rings. The van der Waals surface area contributed by atoms with Crippen LogP contribution in [0.15, 0.2) is 12.1 Å². The SMILES string of the molecule is N#Cc1nc(Cl)ccc1CN. The average Bonchev–Trinajstić information content (AvgIpc) is 2.04. The summed E-state index contributed by atoms with van der Waals surface area (Å²) in [4.78, 5) is 3.79. The van der Waals surface area contributed by atoms with Crippen LogP contribution < -0.4 is 5.73 Å². The van der Waals surface area contributed by atoms with Crippen molar-refractivity contribution < 1.29 is 0 Å². The van der Waals surface area contributed by atoms with Crippen molar-refractivity contribution in [3.63, 3.8) is 0 Å². The van der Waals surface area contributed by atoms with Crippen LogP contribution in [0.5, 0.6) is 0 Å². The highest BCUT2D eigenvalue weighted by Gasteiger charge is 2.00. The third kappa shape index (κ3) is 1.67. The molecule has 2 N–H and O–H groups in total. The standard InChI is InChI=1S/C7H6ClN3/c8-7-2-1-5(3-9)6(4-10)11-7/h1-2H,3,9H2. The van der Waals surface area contributed by atoms with E-state index in [1.54, 1.807) is 12.1 Å². The normalized spacial score (nSPS) is 9.18. The van der Waals surface area contributed by atoms with Gasteiger partial charge in [-0.1, -0.05) is 17.7 Å². The Balaban J connectivity index is 3.19. The Morgan fingerprint density at radius 2 is 2.36 bits per heavy atom. The highest BCUT2D eigenvalue weighted by Crippen LogP contribution is 2.09. The second-order valence-electron chi connectivity index (χ2n) is 1.96. The Labute approximate surface area is 69.4 Å². The highest BCUT2D eigenvalue weighted by molar-refractivity contribution is 6.29. The molecule has 0 spiro atoms. The molecule has 11 heavy (non-hydrogen) atoms. The van der Waals surface area contributed by atoms with Crippen LogP contribution in [-0.4, -0.2) is 4.98 Å². The third-order valence-corrected chi connectivity index (χ3v) is 1.48. The summed E-state index contributed by atoms with van der Waals surface area (Å²) in [5.74, 6) is 0. The average molecular weight is 168 g/mol. The van der Waals surface area contributed by atoms with E-state index in [9.17, 15) is 0 Å². The quantitative estimate of drug-likeness (QED) is 0.637. The van der Waals surface area contributed by atoms with Gasteiger partial charge in [-0.25, -0.2) is 4.98 Å². The third-order valence-electron chi connectivity index (χ3n) is 1.27. The summed E-state index contributed by atoms with van der Waals surface area (Å²) in [7, 11) is 0. The van der Waals surface area contributed by atoms with Gasteiger partial charge in [0.2, 0.25) is 0 Å². The van der Waals surface area contributed by atoms with Gasteiger partial charge in [0.05, 0.1) is 0 Å². The lowest BCUT2D eigenvalue weighted by Crippen LogP contribution is -2.00. The number of rotatable bonds is 1. The van der Waals surface area contributed by atoms with Crippen molar-refractivity contribution in [3.05, 3.63) is 28.5 Å². The van der Waals surface area contributed by atoms with E-state index in [0.717, 1.165) is 5.56 Å². The number of hydrogen-bond donors (Lipinski definition) is 1. The van der Waals surface area contributed by atoms with Crippen LogP contribution >= 0.6 is 11.6 Å². The Kier molecular flexibility index (Phi) is 2.42. The molecule has 0 fully saturated rings. The van der Waals surface area contributed by atoms with Crippen LogP contribution in [0, 0.1) is 11.3 Å². The smallest absolute Gasteiger partial charge is 0.146 e. The zero-order valence-corrected chi connectivity index (χ0v) is 6.47. The predicted molar refractivity (Wildman–Crippen MR) is 41.9 cm³/mol. The van der Waals surface area contributed by atoms with Crippen molar-refractivity contribution in [2.45, 2.75) is 6.54 Å². The first-order chi connectivity index (χ1) is 5.27. The fraction of sp³-hybridized carbons (Fsp3) is 0.143. The molecule has 3 nitrogen and oxygen atoms in total. The number of pyridine rings is 1. The number of nitrogens with two attached hydrogens (primary N) is 1. The Morgan fingerprint density at radius 3 is 2.91 bits per heavy atom. The zero-order valence-electron chi connectivity index (χ0n) is 5.71. The molecule has 0 unspecified atom stereocenters. The zero-order chi connectivity index (χ0) is 8.27. The number of nitrogens with zero attached hydrogens (tertiary/aromatic N) is 2. The molecule has 56 valence electrons. The van der Waals surface area contributed by atoms with Gasteiger partial charge in [0, 0.05) is 12.1 Å². The summed E-state index contributed by atoms with van der Waals surface area (Å²) in [6.07, 6.45) is 0. The molecule has 0 saturated carbocycles. The predicted octanol–water partition coefficient (Wildman–Crippen LogP) is 1.07. The summed E-state index contributed by atoms with van der Waals surface area (Å²) in [6.45, 7) is 0.313. The molecular weight excluding hydrogens is 162 g/mol. The number of aromatic nitrogens is 1. The van der Waals surface area contributed by atoms with Crippen molar-refractivity contribution in [2.75, 3.05) is 0 Å². The van der Waals surface area contributed by atoms with E-state index in [1.165, 1.54) is 0 Å². The van der Waals surface area contributed by atoms with Crippen molar-refractivity contribution in [2.24, 2.45) is 5.73 Å². The van der Waals surface area contributed by atoms with Gasteiger partial charge in [0.25, 0.3) is 0 Å². The molecule has 0 saturated heterocycles. The van der Waals surface area contributed by atoms with Gasteiger partial charge in [-0.2, -0.15) is 5.26 Å². The van der Waals surface area contributed by atoms with E-state index in [4.69, 9.17) is 22.6 Å². The molecule has 0 aromatic carbocycles. The summed E-state index contributed by atoms with van der Waals surface area (Å²) in [5.41, 5.74) is 6.37. The van der Waals surface area contributed by atoms with Crippen LogP contribution in [0.4, 0.5) is 0 Å². The van der Waals surface area contributed by atoms with Gasteiger partial charge in [-0.05, 0) is 6.07 Å². The molecule has 1 aromatic heterocycles. The van der Waals surface area contributed by atoms with Crippen molar-refractivity contribution in [3.8, 4) is 6.07 Å². The second-order valence-corrected chi connectivity index (χ2v) is 2.34. The van der Waals surface area contributed by atoms with Crippen LogP contribution in [-0.2, 0) is 6.54 Å². The molecule has 0 aliphatic carbocycles. The van der Waals surface area contributed by atoms with Gasteiger partial charge in [0.1, 0.15) is 16.9 Å². The maximum absolute atomic E-state index is 8.55. The fourth-order valence-electron chi connectivity index (χ4n) is 0.726. The fourth-order valence-corrected chi connectivity index (χ4v) is 0.873. The summed E-state index contributed by atoms with van der Waals surface area (Å²) in [6, 6.07) is 5.23. The first-order valence-electron chi connectivity index (χ1n) is 3.03. The Hall–Kier alpha value is -1.11. The van der Waals surface area contributed by atoms with Gasteiger partial charge >= 0.3 is 0 Å². The van der Waals surface area contributed by atoms with Crippen molar-refractivity contribution >= 4 is 11.6 Å². The maximum atomic E-state index is 8.55. The molecule has 0 amide bonds. The second kappa shape index (κ2) is 3.33. The monoisotopic (exact) mass is 167 g/mol. The van der Waals surface area contributed by atoms with E-state index >= 15 is 0 Å². The summed E-state index contributed by atoms with van der Waals surface area (Å²) >= 11 is 5.55. The molecule has 0 radical (unpaired) electrons. The minimum absolute atomic E-state index is 0.306. The Morgan fingerprint density at radius 1 is 1.64 bits per heavy atom. The molecule has 0 bridgehead atoms. The Bertz CT molecular complexity index is 303. The number of halogens is 1. The first kappa shape index (κ1) is 7.99. The van der Waals surface area contributed by atoms with Crippen LogP contribution in [0.1, 0.15) is 11.3 Å². The van der Waals surface area contributed by atoms with Crippen molar-refractivity contribution in [1.29, 1.82) is 5.26 Å². The number of nitriles is 1. The van der Waals surface area contributed by atoms with Crippen LogP contribution in [0.2, 0.25) is 5.15 Å². The van der Waals surface area contributed by atoms with E-state index in [-0.39, 0.29) is 0 Å². The van der Waals surface area contributed by atoms with E-state index in [2.05, 4.69) is 4.98 Å². The van der Waals surface area contributed by atoms with Gasteiger partial charge < -0.3 is 5.73 Å². The molecular formula is C7H6ClN3. The molecule has 0 atom stereocenters.